The van der Waals surface area contributed by atoms with E-state index in [1.54, 1.807) is 14.2 Å². The highest BCUT2D eigenvalue weighted by atomic mass is 35.5. The van der Waals surface area contributed by atoms with E-state index in [1.807, 2.05) is 12.1 Å². The maximum Gasteiger partial charge on any atom is 0.387 e. The molecule has 9 nitrogen and oxygen atoms in total. The standard InChI is InChI=1S/C24H29NO3.C17H14Cl2F2N2O3.ClH/c1-27-22-14-19-13-20(24(26)21(19)15-23(22)28-2)12-17-8-10-25(11-9-17)16-18-6-4-3-5-7-18;18-11-6-22-7-12(19)15(11)23-16(24)10-3-4-13(26-17(20)21)14(5-10)25-8-9-1-2-9;/h3-7,14-15,17,20H,8-13,16H2,1-2H3;3-7,9,17H,1-2,8H2,(H,22,23,24);1H. The molecule has 2 fully saturated rings. The minimum absolute atomic E-state index is 0. The summed E-state index contributed by atoms with van der Waals surface area (Å²) >= 11 is 12.0. The van der Waals surface area contributed by atoms with Gasteiger partial charge in [-0.3, -0.25) is 19.5 Å². The fourth-order valence-electron chi connectivity index (χ4n) is 6.88. The Balaban J connectivity index is 0.000000208. The number of rotatable bonds is 13. The smallest absolute Gasteiger partial charge is 0.387 e. The molecule has 0 radical (unpaired) electrons. The number of fused-ring (bicyclic) bond motifs is 1. The number of ether oxygens (including phenoxy) is 4. The molecule has 1 atom stereocenters. The third-order valence-corrected chi connectivity index (χ3v) is 10.5. The van der Waals surface area contributed by atoms with Gasteiger partial charge < -0.3 is 24.3 Å². The van der Waals surface area contributed by atoms with E-state index < -0.39 is 12.5 Å². The van der Waals surface area contributed by atoms with Crippen molar-refractivity contribution < 1.29 is 37.3 Å². The second-order valence-electron chi connectivity index (χ2n) is 13.8. The summed E-state index contributed by atoms with van der Waals surface area (Å²) in [7, 11) is 3.26. The molecule has 3 aliphatic rings. The van der Waals surface area contributed by atoms with Crippen LogP contribution in [0.15, 0.2) is 73.1 Å². The summed E-state index contributed by atoms with van der Waals surface area (Å²) in [6.45, 7) is 0.657. The Kier molecular flexibility index (Phi) is 15.0. The number of pyridine rings is 1. The Morgan fingerprint density at radius 2 is 1.56 bits per heavy atom. The van der Waals surface area contributed by atoms with Crippen LogP contribution in [0.4, 0.5) is 14.5 Å². The molecular formula is C41H44Cl3F2N3O6. The largest absolute Gasteiger partial charge is 0.493 e. The molecule has 1 N–H and O–H groups in total. The zero-order valence-corrected chi connectivity index (χ0v) is 32.9. The van der Waals surface area contributed by atoms with E-state index in [-0.39, 0.29) is 56.9 Å². The summed E-state index contributed by atoms with van der Waals surface area (Å²) < 4.78 is 45.9. The number of nitrogens with zero attached hydrogens (tertiary/aromatic N) is 2. The van der Waals surface area contributed by atoms with Gasteiger partial charge in [0.15, 0.2) is 28.8 Å². The van der Waals surface area contributed by atoms with Gasteiger partial charge in [0.1, 0.15) is 0 Å². The number of amides is 1. The number of benzene rings is 3. The number of nitrogens with one attached hydrogen (secondary N) is 1. The average Bonchev–Trinajstić information content (AvgIpc) is 3.96. The highest BCUT2D eigenvalue weighted by Gasteiger charge is 2.34. The van der Waals surface area contributed by atoms with E-state index >= 15 is 0 Å². The van der Waals surface area contributed by atoms with Crippen LogP contribution < -0.4 is 24.3 Å². The molecule has 294 valence electrons. The van der Waals surface area contributed by atoms with Crippen LogP contribution in [0.5, 0.6) is 23.0 Å². The molecule has 7 rings (SSSR count). The number of Topliss-reactive ketones (excluding diaryl/α,β-unsaturated/α-hetero) is 1. The van der Waals surface area contributed by atoms with Crippen LogP contribution in [0.1, 0.15) is 63.9 Å². The average molecular weight is 819 g/mol. The highest BCUT2D eigenvalue weighted by molar-refractivity contribution is 6.39. The number of ketones is 1. The summed E-state index contributed by atoms with van der Waals surface area (Å²) in [5.41, 5.74) is 3.70. The third-order valence-electron chi connectivity index (χ3n) is 9.97. The molecule has 2 aliphatic carbocycles. The number of anilines is 1. The second kappa shape index (κ2) is 19.6. The van der Waals surface area contributed by atoms with Gasteiger partial charge in [-0.05, 0) is 105 Å². The zero-order valence-electron chi connectivity index (χ0n) is 30.6. The van der Waals surface area contributed by atoms with Gasteiger partial charge in [0, 0.05) is 36.0 Å². The minimum Gasteiger partial charge on any atom is -0.493 e. The van der Waals surface area contributed by atoms with Gasteiger partial charge in [0.2, 0.25) is 0 Å². The van der Waals surface area contributed by atoms with Crippen LogP contribution in [-0.4, -0.2) is 62.1 Å². The normalized spacial score (nSPS) is 16.7. The van der Waals surface area contributed by atoms with Crippen molar-refractivity contribution in [2.24, 2.45) is 17.8 Å². The fourth-order valence-corrected chi connectivity index (χ4v) is 7.34. The predicted octanol–water partition coefficient (Wildman–Crippen LogP) is 9.81. The lowest BCUT2D eigenvalue weighted by atomic mass is 9.85. The van der Waals surface area contributed by atoms with Gasteiger partial charge in [-0.25, -0.2) is 0 Å². The Labute approximate surface area is 336 Å². The first-order valence-corrected chi connectivity index (χ1v) is 18.7. The van der Waals surface area contributed by atoms with Crippen LogP contribution in [0.2, 0.25) is 10.0 Å². The molecule has 2 heterocycles. The molecule has 1 aromatic heterocycles. The molecule has 1 unspecified atom stereocenters. The lowest BCUT2D eigenvalue weighted by Gasteiger charge is -2.32. The number of halogens is 5. The third kappa shape index (κ3) is 11.2. The van der Waals surface area contributed by atoms with E-state index in [9.17, 15) is 18.4 Å². The van der Waals surface area contributed by atoms with Crippen LogP contribution >= 0.6 is 35.6 Å². The SMILES string of the molecule is COc1cc2c(cc1OC)C(=O)C(CC1CCN(Cc3ccccc3)CC1)C2.Cl.O=C(Nc1c(Cl)cncc1Cl)c1ccc(OC(F)F)c(OCC2CC2)c1. The van der Waals surface area contributed by atoms with E-state index in [1.165, 1.54) is 49.0 Å². The molecule has 1 amide bonds. The van der Waals surface area contributed by atoms with Gasteiger partial charge in [0.25, 0.3) is 5.91 Å². The molecular weight excluding hydrogens is 775 g/mol. The molecule has 0 spiro atoms. The van der Waals surface area contributed by atoms with Crippen LogP contribution in [0.3, 0.4) is 0 Å². The Bertz CT molecular complexity index is 1910. The lowest BCUT2D eigenvalue weighted by molar-refractivity contribution is -0.0515. The number of carbonyl (C=O) groups excluding carboxylic acids is 2. The minimum atomic E-state index is -2.99. The number of alkyl halides is 2. The van der Waals surface area contributed by atoms with Crippen molar-refractivity contribution in [1.29, 1.82) is 0 Å². The van der Waals surface area contributed by atoms with Gasteiger partial charge in [-0.15, -0.1) is 12.4 Å². The number of hydrogen-bond donors (Lipinski definition) is 1. The summed E-state index contributed by atoms with van der Waals surface area (Å²) in [5.74, 6) is 2.21. The Hall–Kier alpha value is -4.16. The summed E-state index contributed by atoms with van der Waals surface area (Å²) in [6.07, 6.45) is 8.93. The van der Waals surface area contributed by atoms with E-state index in [0.717, 1.165) is 56.4 Å². The van der Waals surface area contributed by atoms with Gasteiger partial charge in [-0.2, -0.15) is 8.78 Å². The number of hydrogen-bond acceptors (Lipinski definition) is 8. The van der Waals surface area contributed by atoms with Crippen LogP contribution in [-0.2, 0) is 13.0 Å². The summed E-state index contributed by atoms with van der Waals surface area (Å²) in [4.78, 5) is 31.7. The first-order chi connectivity index (χ1) is 26.1. The van der Waals surface area contributed by atoms with Gasteiger partial charge >= 0.3 is 6.61 Å². The first-order valence-electron chi connectivity index (χ1n) is 18.0. The predicted molar refractivity (Wildman–Crippen MR) is 211 cm³/mol. The van der Waals surface area contributed by atoms with Crippen molar-refractivity contribution in [2.45, 2.75) is 51.7 Å². The number of carbonyl (C=O) groups is 2. The summed E-state index contributed by atoms with van der Waals surface area (Å²) in [6, 6.07) is 18.5. The molecule has 3 aromatic carbocycles. The molecule has 0 bridgehead atoms. The molecule has 1 saturated carbocycles. The maximum absolute atomic E-state index is 12.9. The monoisotopic (exact) mass is 817 g/mol. The topological polar surface area (TPSA) is 99.2 Å². The van der Waals surface area contributed by atoms with Crippen molar-refractivity contribution in [3.63, 3.8) is 0 Å². The van der Waals surface area contributed by atoms with Crippen molar-refractivity contribution >= 4 is 53.0 Å². The van der Waals surface area contributed by atoms with Crippen molar-refractivity contribution in [1.82, 2.24) is 9.88 Å². The van der Waals surface area contributed by atoms with E-state index in [2.05, 4.69) is 50.3 Å². The Morgan fingerprint density at radius 1 is 0.891 bits per heavy atom. The molecule has 4 aromatic rings. The van der Waals surface area contributed by atoms with E-state index in [4.69, 9.17) is 37.4 Å². The number of aromatic nitrogens is 1. The van der Waals surface area contributed by atoms with Crippen molar-refractivity contribution in [3.8, 4) is 23.0 Å². The fraction of sp³-hybridized carbons (Fsp3) is 0.390. The zero-order chi connectivity index (χ0) is 38.2. The quantitative estimate of drug-likeness (QED) is 0.142. The van der Waals surface area contributed by atoms with Crippen LogP contribution in [0, 0.1) is 17.8 Å². The lowest BCUT2D eigenvalue weighted by Crippen LogP contribution is -2.34. The molecule has 1 saturated heterocycles. The molecule has 1 aliphatic heterocycles. The number of piperidine rings is 1. The molecule has 14 heteroatoms. The Morgan fingerprint density at radius 3 is 2.20 bits per heavy atom. The van der Waals surface area contributed by atoms with Crippen molar-refractivity contribution in [2.75, 3.05) is 39.2 Å². The second-order valence-corrected chi connectivity index (χ2v) is 14.6. The number of methoxy groups -OCH3 is 2. The summed E-state index contributed by atoms with van der Waals surface area (Å²) in [5, 5.41) is 2.92. The van der Waals surface area contributed by atoms with E-state index in [0.29, 0.717) is 29.9 Å². The first kappa shape index (κ1) is 42.0. The van der Waals surface area contributed by atoms with Gasteiger partial charge in [0.05, 0.1) is 36.6 Å². The van der Waals surface area contributed by atoms with Gasteiger partial charge in [-0.1, -0.05) is 53.5 Å². The van der Waals surface area contributed by atoms with Crippen molar-refractivity contribution in [3.05, 3.63) is 105 Å². The maximum atomic E-state index is 12.9. The number of likely N-dealkylation sites (tertiary alicyclic amines) is 1. The highest BCUT2D eigenvalue weighted by Crippen LogP contribution is 2.40. The molecule has 55 heavy (non-hydrogen) atoms. The van der Waals surface area contributed by atoms with Crippen LogP contribution in [0.25, 0.3) is 0 Å².